The molecule has 1 N–H and O–H groups in total. The molecule has 0 aliphatic rings. The van der Waals surface area contributed by atoms with Crippen LogP contribution in [0.3, 0.4) is 0 Å². The quantitative estimate of drug-likeness (QED) is 0.161. The Morgan fingerprint density at radius 2 is 1.18 bits per heavy atom. The summed E-state index contributed by atoms with van der Waals surface area (Å²) in [7, 11) is 0. The predicted octanol–water partition coefficient (Wildman–Crippen LogP) is 7.45. The van der Waals surface area contributed by atoms with Gasteiger partial charge in [-0.3, -0.25) is 4.79 Å². The highest BCUT2D eigenvalue weighted by Gasteiger charge is 2.12. The summed E-state index contributed by atoms with van der Waals surface area (Å²) in [6, 6.07) is 0. The average molecular weight is 399 g/mol. The van der Waals surface area contributed by atoms with Gasteiger partial charge in [-0.1, -0.05) is 111 Å². The zero-order valence-corrected chi connectivity index (χ0v) is 19.4. The van der Waals surface area contributed by atoms with E-state index in [0.717, 1.165) is 19.3 Å². The summed E-state index contributed by atoms with van der Waals surface area (Å²) in [4.78, 5) is 11.8. The number of aliphatic hydroxyl groups is 1. The van der Waals surface area contributed by atoms with E-state index in [1.165, 1.54) is 83.5 Å². The molecule has 0 saturated carbocycles. The lowest BCUT2D eigenvalue weighted by Crippen LogP contribution is -2.19. The van der Waals surface area contributed by atoms with E-state index in [4.69, 9.17) is 4.74 Å². The molecule has 0 bridgehead atoms. The van der Waals surface area contributed by atoms with Crippen LogP contribution in [0.4, 0.5) is 0 Å². The van der Waals surface area contributed by atoms with Gasteiger partial charge >= 0.3 is 5.97 Å². The van der Waals surface area contributed by atoms with E-state index in [2.05, 4.69) is 20.8 Å². The molecule has 0 aromatic rings. The number of hydrogen-bond donors (Lipinski definition) is 1. The second-order valence-electron chi connectivity index (χ2n) is 9.06. The molecule has 168 valence electrons. The minimum absolute atomic E-state index is 0.0880. The highest BCUT2D eigenvalue weighted by molar-refractivity contribution is 5.69. The molecule has 0 aliphatic carbocycles. The number of esters is 1. The summed E-state index contributed by atoms with van der Waals surface area (Å²) in [5, 5.41) is 9.31. The number of carbonyl (C=O) groups excluding carboxylic acids is 1. The van der Waals surface area contributed by atoms with Crippen molar-refractivity contribution in [1.82, 2.24) is 0 Å². The van der Waals surface area contributed by atoms with Crippen molar-refractivity contribution in [3.63, 3.8) is 0 Å². The predicted molar refractivity (Wildman–Crippen MR) is 121 cm³/mol. The first kappa shape index (κ1) is 27.4. The molecule has 28 heavy (non-hydrogen) atoms. The Kier molecular flexibility index (Phi) is 20.7. The third-order valence-corrected chi connectivity index (χ3v) is 5.53. The minimum atomic E-state index is -0.100. The number of aliphatic hydroxyl groups excluding tert-OH is 1. The van der Waals surface area contributed by atoms with Gasteiger partial charge in [0.2, 0.25) is 0 Å². The third kappa shape index (κ3) is 20.2. The van der Waals surface area contributed by atoms with E-state index in [-0.39, 0.29) is 18.5 Å². The Labute approximate surface area is 176 Å². The smallest absolute Gasteiger partial charge is 0.305 e. The summed E-state index contributed by atoms with van der Waals surface area (Å²) in [5.41, 5.74) is 0. The summed E-state index contributed by atoms with van der Waals surface area (Å²) in [6.07, 6.45) is 21.4. The molecule has 1 atom stereocenters. The maximum atomic E-state index is 11.8. The van der Waals surface area contributed by atoms with Crippen molar-refractivity contribution in [2.24, 2.45) is 11.8 Å². The Morgan fingerprint density at radius 3 is 1.57 bits per heavy atom. The zero-order valence-electron chi connectivity index (χ0n) is 19.4. The highest BCUT2D eigenvalue weighted by Crippen LogP contribution is 2.15. The monoisotopic (exact) mass is 398 g/mol. The largest absolute Gasteiger partial charge is 0.465 e. The maximum Gasteiger partial charge on any atom is 0.305 e. The lowest BCUT2D eigenvalue weighted by molar-refractivity contribution is -0.145. The molecule has 0 aliphatic heterocycles. The fraction of sp³-hybridized carbons (Fsp3) is 0.960. The van der Waals surface area contributed by atoms with E-state index in [1.54, 1.807) is 0 Å². The van der Waals surface area contributed by atoms with Crippen LogP contribution in [-0.2, 0) is 9.53 Å². The number of rotatable bonds is 21. The van der Waals surface area contributed by atoms with Gasteiger partial charge in [0.25, 0.3) is 0 Å². The summed E-state index contributed by atoms with van der Waals surface area (Å²) in [5.74, 6) is 0.508. The van der Waals surface area contributed by atoms with Gasteiger partial charge in [0.05, 0.1) is 6.61 Å². The third-order valence-electron chi connectivity index (χ3n) is 5.53. The highest BCUT2D eigenvalue weighted by atomic mass is 16.5. The minimum Gasteiger partial charge on any atom is -0.465 e. The maximum absolute atomic E-state index is 11.8. The topological polar surface area (TPSA) is 46.5 Å². The second-order valence-corrected chi connectivity index (χ2v) is 9.06. The molecular formula is C25H50O3. The number of unbranched alkanes of at least 4 members (excludes halogenated alkanes) is 14. The Balaban J connectivity index is 3.29. The van der Waals surface area contributed by atoms with Crippen LogP contribution in [0.1, 0.15) is 130 Å². The molecular weight excluding hydrogens is 348 g/mol. The van der Waals surface area contributed by atoms with Gasteiger partial charge in [-0.15, -0.1) is 0 Å². The first-order valence-corrected chi connectivity index (χ1v) is 12.4. The van der Waals surface area contributed by atoms with Crippen LogP contribution in [-0.4, -0.2) is 24.3 Å². The average Bonchev–Trinajstić information content (AvgIpc) is 2.67. The zero-order chi connectivity index (χ0) is 20.9. The van der Waals surface area contributed by atoms with Crippen LogP contribution >= 0.6 is 0 Å². The van der Waals surface area contributed by atoms with Crippen molar-refractivity contribution in [2.45, 2.75) is 130 Å². The van der Waals surface area contributed by atoms with Gasteiger partial charge in [0.15, 0.2) is 0 Å². The van der Waals surface area contributed by atoms with Crippen molar-refractivity contribution < 1.29 is 14.6 Å². The van der Waals surface area contributed by atoms with Crippen molar-refractivity contribution in [3.05, 3.63) is 0 Å². The number of hydrogen-bond acceptors (Lipinski definition) is 3. The Hall–Kier alpha value is -0.570. The molecule has 3 heteroatoms. The standard InChI is InChI=1S/C25H50O3/c1-4-5-6-7-8-9-10-11-12-13-14-15-16-17-18-19-25(27)28-22-24(21-26)20-23(2)3/h23-24,26H,4-22H2,1-3H3. The van der Waals surface area contributed by atoms with Gasteiger partial charge in [0.1, 0.15) is 0 Å². The fourth-order valence-electron chi connectivity index (χ4n) is 3.79. The van der Waals surface area contributed by atoms with Gasteiger partial charge in [0, 0.05) is 18.9 Å². The van der Waals surface area contributed by atoms with Crippen LogP contribution < -0.4 is 0 Å². The molecule has 0 amide bonds. The van der Waals surface area contributed by atoms with Crippen LogP contribution in [0.25, 0.3) is 0 Å². The molecule has 3 nitrogen and oxygen atoms in total. The molecule has 0 radical (unpaired) electrons. The molecule has 0 fully saturated rings. The summed E-state index contributed by atoms with van der Waals surface area (Å²) in [6.45, 7) is 6.99. The van der Waals surface area contributed by atoms with Crippen LogP contribution in [0, 0.1) is 11.8 Å². The van der Waals surface area contributed by atoms with Crippen LogP contribution in [0.2, 0.25) is 0 Å². The lowest BCUT2D eigenvalue weighted by Gasteiger charge is -2.16. The van der Waals surface area contributed by atoms with Crippen molar-refractivity contribution in [1.29, 1.82) is 0 Å². The molecule has 0 heterocycles. The SMILES string of the molecule is CCCCCCCCCCCCCCCCCC(=O)OCC(CO)CC(C)C. The fourth-order valence-corrected chi connectivity index (χ4v) is 3.79. The molecule has 0 spiro atoms. The van der Waals surface area contributed by atoms with E-state index in [0.29, 0.717) is 18.9 Å². The van der Waals surface area contributed by atoms with Crippen molar-refractivity contribution >= 4 is 5.97 Å². The second kappa shape index (κ2) is 21.1. The molecule has 0 aromatic heterocycles. The summed E-state index contributed by atoms with van der Waals surface area (Å²) >= 11 is 0. The molecule has 1 unspecified atom stereocenters. The molecule has 0 rings (SSSR count). The van der Waals surface area contributed by atoms with Gasteiger partial charge in [-0.25, -0.2) is 0 Å². The van der Waals surface area contributed by atoms with E-state index >= 15 is 0 Å². The number of carbonyl (C=O) groups is 1. The van der Waals surface area contributed by atoms with Gasteiger partial charge in [-0.2, -0.15) is 0 Å². The van der Waals surface area contributed by atoms with Crippen molar-refractivity contribution in [3.8, 4) is 0 Å². The van der Waals surface area contributed by atoms with Crippen LogP contribution in [0.5, 0.6) is 0 Å². The lowest BCUT2D eigenvalue weighted by atomic mass is 9.99. The normalized spacial score (nSPS) is 12.5. The van der Waals surface area contributed by atoms with Crippen LogP contribution in [0.15, 0.2) is 0 Å². The van der Waals surface area contributed by atoms with Crippen molar-refractivity contribution in [2.75, 3.05) is 13.2 Å². The van der Waals surface area contributed by atoms with E-state index in [1.807, 2.05) is 0 Å². The number of ether oxygens (including phenoxy) is 1. The van der Waals surface area contributed by atoms with E-state index in [9.17, 15) is 9.90 Å². The molecule has 0 saturated heterocycles. The van der Waals surface area contributed by atoms with Gasteiger partial charge < -0.3 is 9.84 Å². The summed E-state index contributed by atoms with van der Waals surface area (Å²) < 4.78 is 5.32. The first-order valence-electron chi connectivity index (χ1n) is 12.4. The van der Waals surface area contributed by atoms with Gasteiger partial charge in [-0.05, 0) is 18.8 Å². The molecule has 0 aromatic carbocycles. The first-order chi connectivity index (χ1) is 13.6. The van der Waals surface area contributed by atoms with E-state index < -0.39 is 0 Å². The Morgan fingerprint density at radius 1 is 0.750 bits per heavy atom. The Bertz CT molecular complexity index is 328.